The Bertz CT molecular complexity index is 1020. The number of amides is 3. The van der Waals surface area contributed by atoms with Crippen molar-refractivity contribution in [3.05, 3.63) is 48.0 Å². The Balaban J connectivity index is 1.50. The predicted molar refractivity (Wildman–Crippen MR) is 127 cm³/mol. The van der Waals surface area contributed by atoms with Crippen molar-refractivity contribution < 1.29 is 28.6 Å². The topological polar surface area (TPSA) is 97.4 Å². The van der Waals surface area contributed by atoms with Gasteiger partial charge >= 0.3 is 0 Å². The Kier molecular flexibility index (Phi) is 8.34. The van der Waals surface area contributed by atoms with E-state index in [1.165, 1.54) is 4.90 Å². The lowest BCUT2D eigenvalue weighted by Crippen LogP contribution is -2.39. The van der Waals surface area contributed by atoms with Crippen LogP contribution < -0.4 is 19.5 Å². The molecular weight excluding hydrogens is 438 g/mol. The number of carbonyl (C=O) groups excluding carboxylic acids is 3. The van der Waals surface area contributed by atoms with Crippen molar-refractivity contribution in [2.24, 2.45) is 5.92 Å². The van der Waals surface area contributed by atoms with E-state index >= 15 is 0 Å². The monoisotopic (exact) mass is 469 g/mol. The molecule has 0 aromatic heterocycles. The molecule has 0 spiro atoms. The van der Waals surface area contributed by atoms with Crippen LogP contribution in [0, 0.1) is 5.92 Å². The fraction of sp³-hybridized carbons (Fsp3) is 0.400. The number of nitrogens with zero attached hydrogens (tertiary/aromatic N) is 2. The third kappa shape index (κ3) is 6.18. The molecule has 0 unspecified atom stereocenters. The molecule has 3 amide bonds. The Morgan fingerprint density at radius 2 is 1.74 bits per heavy atom. The largest absolute Gasteiger partial charge is 0.497 e. The van der Waals surface area contributed by atoms with Gasteiger partial charge in [-0.3, -0.25) is 14.4 Å². The standard InChI is InChI=1S/C25H31N3O6/c1-27(16-23(29)26-19-6-8-20(32-2)9-7-19)25(31)18-14-24(30)28(15-18)12-11-17-5-10-21(33-3)22(13-17)34-4/h5-10,13,18H,11-12,14-16H2,1-4H3,(H,26,29)/t18-/m0/s1. The Labute approximate surface area is 199 Å². The number of likely N-dealkylation sites (tertiary alicyclic amines) is 1. The molecule has 0 bridgehead atoms. The first kappa shape index (κ1) is 24.9. The van der Waals surface area contributed by atoms with Gasteiger partial charge in [0.15, 0.2) is 11.5 Å². The van der Waals surface area contributed by atoms with Crippen molar-refractivity contribution in [3.63, 3.8) is 0 Å². The van der Waals surface area contributed by atoms with E-state index < -0.39 is 5.92 Å². The molecule has 9 nitrogen and oxygen atoms in total. The number of methoxy groups -OCH3 is 3. The molecule has 1 saturated heterocycles. The van der Waals surface area contributed by atoms with Crippen LogP contribution in [0.15, 0.2) is 42.5 Å². The third-order valence-corrected chi connectivity index (χ3v) is 5.81. The molecule has 182 valence electrons. The minimum atomic E-state index is -0.461. The summed E-state index contributed by atoms with van der Waals surface area (Å²) in [5.74, 6) is 0.921. The molecule has 3 rings (SSSR count). The summed E-state index contributed by atoms with van der Waals surface area (Å²) in [7, 11) is 6.30. The summed E-state index contributed by atoms with van der Waals surface area (Å²) in [6, 6.07) is 12.6. The van der Waals surface area contributed by atoms with E-state index in [0.717, 1.165) is 5.56 Å². The Morgan fingerprint density at radius 3 is 2.38 bits per heavy atom. The molecule has 9 heteroatoms. The van der Waals surface area contributed by atoms with E-state index in [9.17, 15) is 14.4 Å². The lowest BCUT2D eigenvalue weighted by molar-refractivity contribution is -0.137. The van der Waals surface area contributed by atoms with Gasteiger partial charge in [-0.25, -0.2) is 0 Å². The summed E-state index contributed by atoms with van der Waals surface area (Å²) in [4.78, 5) is 40.8. The molecule has 1 aliphatic rings. The maximum absolute atomic E-state index is 12.9. The number of carbonyl (C=O) groups is 3. The van der Waals surface area contributed by atoms with E-state index in [1.54, 1.807) is 57.5 Å². The molecule has 1 N–H and O–H groups in total. The maximum atomic E-state index is 12.9. The molecular formula is C25H31N3O6. The highest BCUT2D eigenvalue weighted by atomic mass is 16.5. The Morgan fingerprint density at radius 1 is 1.03 bits per heavy atom. The van der Waals surface area contributed by atoms with Gasteiger partial charge in [0, 0.05) is 32.2 Å². The maximum Gasteiger partial charge on any atom is 0.243 e. The summed E-state index contributed by atoms with van der Waals surface area (Å²) >= 11 is 0. The lowest BCUT2D eigenvalue weighted by Gasteiger charge is -2.21. The van der Waals surface area contributed by atoms with Gasteiger partial charge in [-0.05, 0) is 48.4 Å². The quantitative estimate of drug-likeness (QED) is 0.573. The van der Waals surface area contributed by atoms with Gasteiger partial charge in [-0.15, -0.1) is 0 Å². The van der Waals surface area contributed by atoms with Gasteiger partial charge in [0.25, 0.3) is 0 Å². The zero-order chi connectivity index (χ0) is 24.7. The second-order valence-corrected chi connectivity index (χ2v) is 8.15. The normalized spacial score (nSPS) is 15.1. The molecule has 0 saturated carbocycles. The van der Waals surface area contributed by atoms with Crippen LogP contribution in [-0.4, -0.2) is 75.5 Å². The van der Waals surface area contributed by atoms with Crippen molar-refractivity contribution in [1.82, 2.24) is 9.80 Å². The van der Waals surface area contributed by atoms with Gasteiger partial charge in [0.05, 0.1) is 33.8 Å². The average Bonchev–Trinajstić information content (AvgIpc) is 3.22. The van der Waals surface area contributed by atoms with Crippen molar-refractivity contribution >= 4 is 23.4 Å². The fourth-order valence-electron chi connectivity index (χ4n) is 3.93. The van der Waals surface area contributed by atoms with Crippen molar-refractivity contribution in [3.8, 4) is 17.2 Å². The van der Waals surface area contributed by atoms with E-state index in [2.05, 4.69) is 5.32 Å². The fourth-order valence-corrected chi connectivity index (χ4v) is 3.93. The second-order valence-electron chi connectivity index (χ2n) is 8.15. The average molecular weight is 470 g/mol. The number of rotatable bonds is 10. The summed E-state index contributed by atoms with van der Waals surface area (Å²) in [5.41, 5.74) is 1.62. The molecule has 0 aliphatic carbocycles. The zero-order valence-corrected chi connectivity index (χ0v) is 20.0. The molecule has 1 aliphatic heterocycles. The predicted octanol–water partition coefficient (Wildman–Crippen LogP) is 2.20. The van der Waals surface area contributed by atoms with Crippen LogP contribution in [0.1, 0.15) is 12.0 Å². The van der Waals surface area contributed by atoms with E-state index in [4.69, 9.17) is 14.2 Å². The van der Waals surface area contributed by atoms with Crippen LogP contribution in [0.4, 0.5) is 5.69 Å². The first-order chi connectivity index (χ1) is 16.3. The molecule has 2 aromatic rings. The molecule has 2 aromatic carbocycles. The summed E-state index contributed by atoms with van der Waals surface area (Å²) in [6.07, 6.45) is 0.780. The highest BCUT2D eigenvalue weighted by Gasteiger charge is 2.35. The number of benzene rings is 2. The number of nitrogens with one attached hydrogen (secondary N) is 1. The minimum Gasteiger partial charge on any atom is -0.497 e. The minimum absolute atomic E-state index is 0.0603. The number of hydrogen-bond donors (Lipinski definition) is 1. The lowest BCUT2D eigenvalue weighted by atomic mass is 10.1. The highest BCUT2D eigenvalue weighted by Crippen LogP contribution is 2.28. The summed E-state index contributed by atoms with van der Waals surface area (Å²) in [6.45, 7) is 0.746. The van der Waals surface area contributed by atoms with Gasteiger partial charge in [0.1, 0.15) is 5.75 Å². The molecule has 1 atom stereocenters. The van der Waals surface area contributed by atoms with Crippen LogP contribution in [0.3, 0.4) is 0 Å². The first-order valence-electron chi connectivity index (χ1n) is 11.0. The highest BCUT2D eigenvalue weighted by molar-refractivity contribution is 5.96. The van der Waals surface area contributed by atoms with Crippen LogP contribution in [0.2, 0.25) is 0 Å². The second kappa shape index (κ2) is 11.4. The third-order valence-electron chi connectivity index (χ3n) is 5.81. The van der Waals surface area contributed by atoms with Crippen molar-refractivity contribution in [2.45, 2.75) is 12.8 Å². The Hall–Kier alpha value is -3.75. The van der Waals surface area contributed by atoms with Crippen molar-refractivity contribution in [1.29, 1.82) is 0 Å². The number of hydrogen-bond acceptors (Lipinski definition) is 6. The zero-order valence-electron chi connectivity index (χ0n) is 20.0. The van der Waals surface area contributed by atoms with E-state index in [0.29, 0.717) is 42.4 Å². The SMILES string of the molecule is COc1ccc(NC(=O)CN(C)C(=O)[C@H]2CC(=O)N(CCc3ccc(OC)c(OC)c3)C2)cc1. The number of likely N-dealkylation sites (N-methyl/N-ethyl adjacent to an activating group) is 1. The van der Waals surface area contributed by atoms with Crippen LogP contribution in [0.5, 0.6) is 17.2 Å². The number of ether oxygens (including phenoxy) is 3. The van der Waals surface area contributed by atoms with Gasteiger partial charge in [-0.1, -0.05) is 6.07 Å². The molecule has 34 heavy (non-hydrogen) atoms. The van der Waals surface area contributed by atoms with E-state index in [-0.39, 0.29) is 30.7 Å². The number of anilines is 1. The van der Waals surface area contributed by atoms with Gasteiger partial charge in [-0.2, -0.15) is 0 Å². The van der Waals surface area contributed by atoms with Crippen LogP contribution in [-0.2, 0) is 20.8 Å². The summed E-state index contributed by atoms with van der Waals surface area (Å²) in [5, 5.41) is 2.76. The molecule has 1 heterocycles. The van der Waals surface area contributed by atoms with E-state index in [1.807, 2.05) is 18.2 Å². The van der Waals surface area contributed by atoms with Crippen LogP contribution >= 0.6 is 0 Å². The molecule has 0 radical (unpaired) electrons. The first-order valence-corrected chi connectivity index (χ1v) is 11.0. The smallest absolute Gasteiger partial charge is 0.243 e. The van der Waals surface area contributed by atoms with Crippen molar-refractivity contribution in [2.75, 3.05) is 53.3 Å². The van der Waals surface area contributed by atoms with Crippen LogP contribution in [0.25, 0.3) is 0 Å². The summed E-state index contributed by atoms with van der Waals surface area (Å²) < 4.78 is 15.7. The van der Waals surface area contributed by atoms with Gasteiger partial charge in [0.2, 0.25) is 17.7 Å². The van der Waals surface area contributed by atoms with Gasteiger partial charge < -0.3 is 29.3 Å². The molecule has 1 fully saturated rings.